The maximum absolute atomic E-state index is 6.14. The molecular formula is C14H19Cl2NO. The Morgan fingerprint density at radius 2 is 2.22 bits per heavy atom. The third kappa shape index (κ3) is 4.13. The largest absolute Gasteiger partial charge is 0.378 e. The van der Waals surface area contributed by atoms with Crippen LogP contribution in [0.5, 0.6) is 0 Å². The van der Waals surface area contributed by atoms with Crippen LogP contribution in [0.3, 0.4) is 0 Å². The molecule has 1 fully saturated rings. The van der Waals surface area contributed by atoms with Gasteiger partial charge in [-0.15, -0.1) is 0 Å². The van der Waals surface area contributed by atoms with Crippen molar-refractivity contribution in [2.75, 3.05) is 13.2 Å². The second kappa shape index (κ2) is 6.76. The second-order valence-electron chi connectivity index (χ2n) is 4.84. The van der Waals surface area contributed by atoms with E-state index in [1.54, 1.807) is 6.07 Å². The minimum absolute atomic E-state index is 0.371. The summed E-state index contributed by atoms with van der Waals surface area (Å²) in [6.07, 6.45) is 3.49. The van der Waals surface area contributed by atoms with Crippen LogP contribution in [0.15, 0.2) is 18.2 Å². The zero-order chi connectivity index (χ0) is 13.0. The maximum Gasteiger partial charge on any atom is 0.0561 e. The maximum atomic E-state index is 6.14. The molecule has 2 unspecified atom stereocenters. The predicted octanol–water partition coefficient (Wildman–Crippen LogP) is 3.69. The number of ether oxygens (including phenoxy) is 1. The van der Waals surface area contributed by atoms with E-state index in [1.807, 2.05) is 12.1 Å². The highest BCUT2D eigenvalue weighted by Crippen LogP contribution is 2.21. The van der Waals surface area contributed by atoms with Gasteiger partial charge in [-0.3, -0.25) is 0 Å². The molecular weight excluding hydrogens is 269 g/mol. The van der Waals surface area contributed by atoms with Crippen molar-refractivity contribution in [2.45, 2.75) is 38.3 Å². The van der Waals surface area contributed by atoms with Crippen LogP contribution in [0.25, 0.3) is 0 Å². The van der Waals surface area contributed by atoms with E-state index in [0.717, 1.165) is 43.0 Å². The van der Waals surface area contributed by atoms with Gasteiger partial charge in [0.2, 0.25) is 0 Å². The third-order valence-electron chi connectivity index (χ3n) is 3.33. The number of nitrogens with one attached hydrogen (secondary N) is 1. The highest BCUT2D eigenvalue weighted by molar-refractivity contribution is 6.35. The number of benzene rings is 1. The summed E-state index contributed by atoms with van der Waals surface area (Å²) in [6.45, 7) is 3.93. The van der Waals surface area contributed by atoms with E-state index in [9.17, 15) is 0 Å². The molecule has 1 aromatic rings. The molecule has 4 heteroatoms. The predicted molar refractivity (Wildman–Crippen MR) is 76.6 cm³/mol. The summed E-state index contributed by atoms with van der Waals surface area (Å²) in [5, 5.41) is 5.01. The zero-order valence-corrected chi connectivity index (χ0v) is 12.1. The molecule has 1 aliphatic heterocycles. The van der Waals surface area contributed by atoms with E-state index >= 15 is 0 Å². The van der Waals surface area contributed by atoms with Crippen molar-refractivity contribution in [1.29, 1.82) is 0 Å². The molecule has 1 aliphatic rings. The quantitative estimate of drug-likeness (QED) is 0.912. The van der Waals surface area contributed by atoms with E-state index in [1.165, 1.54) is 0 Å². The fourth-order valence-corrected chi connectivity index (χ4v) is 2.82. The summed E-state index contributed by atoms with van der Waals surface area (Å²) in [6, 6.07) is 6.26. The Balaban J connectivity index is 1.77. The Hall–Kier alpha value is -0.280. The highest BCUT2D eigenvalue weighted by atomic mass is 35.5. The SMILES string of the molecule is CC1CC(NCCc2ccc(Cl)cc2Cl)CCO1. The number of hydrogen-bond acceptors (Lipinski definition) is 2. The summed E-state index contributed by atoms with van der Waals surface area (Å²) in [4.78, 5) is 0. The van der Waals surface area contributed by atoms with Gasteiger partial charge in [0.1, 0.15) is 0 Å². The molecule has 1 aromatic carbocycles. The van der Waals surface area contributed by atoms with Crippen molar-refractivity contribution >= 4 is 23.2 Å². The van der Waals surface area contributed by atoms with Gasteiger partial charge in [0.05, 0.1) is 6.10 Å². The van der Waals surface area contributed by atoms with E-state index in [-0.39, 0.29) is 0 Å². The summed E-state index contributed by atoms with van der Waals surface area (Å²) < 4.78 is 5.53. The molecule has 0 spiro atoms. The van der Waals surface area contributed by atoms with Crippen LogP contribution in [0, 0.1) is 0 Å². The zero-order valence-electron chi connectivity index (χ0n) is 10.6. The minimum atomic E-state index is 0.371. The fourth-order valence-electron chi connectivity index (χ4n) is 2.32. The van der Waals surface area contributed by atoms with Gasteiger partial charge < -0.3 is 10.1 Å². The van der Waals surface area contributed by atoms with Crippen molar-refractivity contribution in [3.8, 4) is 0 Å². The Morgan fingerprint density at radius 3 is 2.94 bits per heavy atom. The molecule has 2 atom stereocenters. The molecule has 0 amide bonds. The first-order chi connectivity index (χ1) is 8.65. The van der Waals surface area contributed by atoms with Gasteiger partial charge in [0.25, 0.3) is 0 Å². The highest BCUT2D eigenvalue weighted by Gasteiger charge is 2.18. The van der Waals surface area contributed by atoms with Crippen LogP contribution in [0.4, 0.5) is 0 Å². The fraction of sp³-hybridized carbons (Fsp3) is 0.571. The van der Waals surface area contributed by atoms with Crippen LogP contribution < -0.4 is 5.32 Å². The van der Waals surface area contributed by atoms with Crippen molar-refractivity contribution in [2.24, 2.45) is 0 Å². The van der Waals surface area contributed by atoms with Gasteiger partial charge in [-0.05, 0) is 50.4 Å². The van der Waals surface area contributed by atoms with E-state index in [0.29, 0.717) is 17.2 Å². The van der Waals surface area contributed by atoms with E-state index in [2.05, 4.69) is 12.2 Å². The van der Waals surface area contributed by atoms with E-state index < -0.39 is 0 Å². The van der Waals surface area contributed by atoms with Crippen molar-refractivity contribution < 1.29 is 4.74 Å². The van der Waals surface area contributed by atoms with Crippen LogP contribution >= 0.6 is 23.2 Å². The van der Waals surface area contributed by atoms with Crippen molar-refractivity contribution in [3.05, 3.63) is 33.8 Å². The number of rotatable bonds is 4. The molecule has 0 aliphatic carbocycles. The van der Waals surface area contributed by atoms with Crippen LogP contribution in [0.2, 0.25) is 10.0 Å². The van der Waals surface area contributed by atoms with Gasteiger partial charge in [0, 0.05) is 22.7 Å². The lowest BCUT2D eigenvalue weighted by molar-refractivity contribution is 0.0135. The summed E-state index contributed by atoms with van der Waals surface area (Å²) >= 11 is 12.0. The summed E-state index contributed by atoms with van der Waals surface area (Å²) in [7, 11) is 0. The Kier molecular flexibility index (Phi) is 5.31. The summed E-state index contributed by atoms with van der Waals surface area (Å²) in [5.41, 5.74) is 1.15. The second-order valence-corrected chi connectivity index (χ2v) is 5.69. The van der Waals surface area contributed by atoms with E-state index in [4.69, 9.17) is 27.9 Å². The van der Waals surface area contributed by atoms with Crippen molar-refractivity contribution in [1.82, 2.24) is 5.32 Å². The molecule has 0 aromatic heterocycles. The number of halogens is 2. The topological polar surface area (TPSA) is 21.3 Å². The molecule has 100 valence electrons. The molecule has 1 N–H and O–H groups in total. The molecule has 0 bridgehead atoms. The minimum Gasteiger partial charge on any atom is -0.378 e. The average molecular weight is 288 g/mol. The Morgan fingerprint density at radius 1 is 1.39 bits per heavy atom. The van der Waals surface area contributed by atoms with Crippen molar-refractivity contribution in [3.63, 3.8) is 0 Å². The monoisotopic (exact) mass is 287 g/mol. The normalized spacial score (nSPS) is 24.2. The third-order valence-corrected chi connectivity index (χ3v) is 3.91. The summed E-state index contributed by atoms with van der Waals surface area (Å²) in [5.74, 6) is 0. The van der Waals surface area contributed by atoms with Crippen LogP contribution in [0.1, 0.15) is 25.3 Å². The molecule has 1 saturated heterocycles. The average Bonchev–Trinajstić information content (AvgIpc) is 2.32. The first kappa shape index (κ1) is 14.1. The standard InChI is InChI=1S/C14H19Cl2NO/c1-10-8-13(5-7-18-10)17-6-4-11-2-3-12(15)9-14(11)16/h2-3,9-10,13,17H,4-8H2,1H3. The lowest BCUT2D eigenvalue weighted by Crippen LogP contribution is -2.38. The van der Waals surface area contributed by atoms with Gasteiger partial charge >= 0.3 is 0 Å². The van der Waals surface area contributed by atoms with Gasteiger partial charge in [-0.1, -0.05) is 29.3 Å². The van der Waals surface area contributed by atoms with Gasteiger partial charge in [-0.25, -0.2) is 0 Å². The molecule has 0 radical (unpaired) electrons. The Bertz CT molecular complexity index is 397. The molecule has 0 saturated carbocycles. The van der Waals surface area contributed by atoms with Gasteiger partial charge in [-0.2, -0.15) is 0 Å². The Labute approximate surface area is 119 Å². The molecule has 18 heavy (non-hydrogen) atoms. The smallest absolute Gasteiger partial charge is 0.0561 e. The first-order valence-electron chi connectivity index (χ1n) is 6.44. The molecule has 2 rings (SSSR count). The lowest BCUT2D eigenvalue weighted by Gasteiger charge is -2.28. The molecule has 1 heterocycles. The first-order valence-corrected chi connectivity index (χ1v) is 7.19. The van der Waals surface area contributed by atoms with Gasteiger partial charge in [0.15, 0.2) is 0 Å². The molecule has 2 nitrogen and oxygen atoms in total. The lowest BCUT2D eigenvalue weighted by atomic mass is 10.0. The number of hydrogen-bond donors (Lipinski definition) is 1. The van der Waals surface area contributed by atoms with Crippen LogP contribution in [-0.2, 0) is 11.2 Å². The van der Waals surface area contributed by atoms with Crippen LogP contribution in [-0.4, -0.2) is 25.3 Å².